The average molecular weight is 343 g/mol. The minimum Gasteiger partial charge on any atom is -0.386 e. The molecule has 0 aromatic heterocycles. The van der Waals surface area contributed by atoms with E-state index in [0.717, 1.165) is 15.7 Å². The van der Waals surface area contributed by atoms with Crippen molar-refractivity contribution >= 4 is 27.5 Å². The second-order valence-corrected chi connectivity index (χ2v) is 6.03. The van der Waals surface area contributed by atoms with E-state index in [-0.39, 0.29) is 25.6 Å². The molecule has 1 aromatic carbocycles. The fourth-order valence-corrected chi connectivity index (χ4v) is 2.54. The zero-order chi connectivity index (χ0) is 14.6. The van der Waals surface area contributed by atoms with Gasteiger partial charge in [-0.05, 0) is 30.7 Å². The van der Waals surface area contributed by atoms with Crippen LogP contribution in [0.15, 0.2) is 22.7 Å². The maximum absolute atomic E-state index is 11.8. The first-order valence-corrected chi connectivity index (χ1v) is 7.35. The lowest BCUT2D eigenvalue weighted by molar-refractivity contribution is -0.120. The molecule has 5 nitrogen and oxygen atoms in total. The van der Waals surface area contributed by atoms with E-state index in [0.29, 0.717) is 13.0 Å². The molecule has 0 unspecified atom stereocenters. The number of amides is 1. The molecule has 3 N–H and O–H groups in total. The molecule has 1 atom stereocenters. The van der Waals surface area contributed by atoms with Gasteiger partial charge in [-0.2, -0.15) is 0 Å². The third-order valence-electron chi connectivity index (χ3n) is 3.32. The van der Waals surface area contributed by atoms with Crippen LogP contribution in [-0.4, -0.2) is 42.9 Å². The number of hydrogen-bond acceptors (Lipinski definition) is 4. The fourth-order valence-electron chi connectivity index (χ4n) is 2.06. The Bertz CT molecular complexity index is 487. The Morgan fingerprint density at radius 1 is 1.55 bits per heavy atom. The summed E-state index contributed by atoms with van der Waals surface area (Å²) in [4.78, 5) is 11.8. The van der Waals surface area contributed by atoms with E-state index in [2.05, 4.69) is 26.6 Å². The van der Waals surface area contributed by atoms with Gasteiger partial charge in [-0.25, -0.2) is 0 Å². The fraction of sp³-hybridized carbons (Fsp3) is 0.500. The van der Waals surface area contributed by atoms with Gasteiger partial charge in [0.15, 0.2) is 0 Å². The highest BCUT2D eigenvalue weighted by molar-refractivity contribution is 9.10. The van der Waals surface area contributed by atoms with Gasteiger partial charge in [-0.15, -0.1) is 0 Å². The number of aryl methyl sites for hydroxylation is 1. The third kappa shape index (κ3) is 4.19. The van der Waals surface area contributed by atoms with Crippen LogP contribution >= 0.6 is 15.9 Å². The van der Waals surface area contributed by atoms with Crippen LogP contribution in [0.1, 0.15) is 12.0 Å². The maximum atomic E-state index is 11.8. The molecular weight excluding hydrogens is 324 g/mol. The van der Waals surface area contributed by atoms with Gasteiger partial charge in [0.1, 0.15) is 5.60 Å². The standard InChI is InChI=1S/C14H19BrN2O3/c1-10-6-11(15)2-3-12(10)16-7-13(18)17-8-14(19)4-5-20-9-14/h2-3,6,16,19H,4-5,7-9H2,1H3,(H,17,18)/t14-/m0/s1. The molecule has 0 spiro atoms. The first-order valence-electron chi connectivity index (χ1n) is 6.55. The van der Waals surface area contributed by atoms with Crippen LogP contribution in [0.3, 0.4) is 0 Å². The summed E-state index contributed by atoms with van der Waals surface area (Å²) < 4.78 is 6.14. The van der Waals surface area contributed by atoms with Crippen molar-refractivity contribution in [1.29, 1.82) is 0 Å². The van der Waals surface area contributed by atoms with E-state index in [1.54, 1.807) is 0 Å². The van der Waals surface area contributed by atoms with Gasteiger partial charge in [0, 0.05) is 29.7 Å². The maximum Gasteiger partial charge on any atom is 0.239 e. The Morgan fingerprint density at radius 2 is 2.35 bits per heavy atom. The van der Waals surface area contributed by atoms with Crippen molar-refractivity contribution in [2.24, 2.45) is 0 Å². The highest BCUT2D eigenvalue weighted by Gasteiger charge is 2.32. The molecule has 1 aliphatic rings. The van der Waals surface area contributed by atoms with Crippen molar-refractivity contribution < 1.29 is 14.6 Å². The highest BCUT2D eigenvalue weighted by Crippen LogP contribution is 2.20. The van der Waals surface area contributed by atoms with E-state index < -0.39 is 5.60 Å². The quantitative estimate of drug-likeness (QED) is 0.757. The van der Waals surface area contributed by atoms with E-state index >= 15 is 0 Å². The lowest BCUT2D eigenvalue weighted by Gasteiger charge is -2.20. The van der Waals surface area contributed by atoms with Crippen LogP contribution < -0.4 is 10.6 Å². The van der Waals surface area contributed by atoms with Gasteiger partial charge in [0.05, 0.1) is 13.2 Å². The monoisotopic (exact) mass is 342 g/mol. The number of ether oxygens (including phenoxy) is 1. The van der Waals surface area contributed by atoms with Crippen LogP contribution in [0.2, 0.25) is 0 Å². The lowest BCUT2D eigenvalue weighted by Crippen LogP contribution is -2.44. The molecule has 0 saturated carbocycles. The number of carbonyl (C=O) groups is 1. The average Bonchev–Trinajstić information content (AvgIpc) is 2.83. The summed E-state index contributed by atoms with van der Waals surface area (Å²) in [5.74, 6) is -0.146. The van der Waals surface area contributed by atoms with Crippen molar-refractivity contribution in [3.8, 4) is 0 Å². The number of anilines is 1. The second-order valence-electron chi connectivity index (χ2n) is 5.12. The number of halogens is 1. The summed E-state index contributed by atoms with van der Waals surface area (Å²) in [6.45, 7) is 3.21. The van der Waals surface area contributed by atoms with Crippen LogP contribution in [0.5, 0.6) is 0 Å². The topological polar surface area (TPSA) is 70.6 Å². The summed E-state index contributed by atoms with van der Waals surface area (Å²) in [6, 6.07) is 5.83. The summed E-state index contributed by atoms with van der Waals surface area (Å²) in [5, 5.41) is 15.8. The zero-order valence-electron chi connectivity index (χ0n) is 11.4. The van der Waals surface area contributed by atoms with Gasteiger partial charge in [-0.1, -0.05) is 15.9 Å². The Labute approximate surface area is 126 Å². The van der Waals surface area contributed by atoms with E-state index in [4.69, 9.17) is 4.74 Å². The molecule has 20 heavy (non-hydrogen) atoms. The van der Waals surface area contributed by atoms with Gasteiger partial charge in [0.2, 0.25) is 5.91 Å². The molecule has 0 radical (unpaired) electrons. The normalized spacial score (nSPS) is 21.8. The predicted molar refractivity (Wildman–Crippen MR) is 80.8 cm³/mol. The van der Waals surface area contributed by atoms with Crippen LogP contribution in [0, 0.1) is 6.92 Å². The SMILES string of the molecule is Cc1cc(Br)ccc1NCC(=O)NC[C@@]1(O)CCOC1. The second kappa shape index (κ2) is 6.56. The highest BCUT2D eigenvalue weighted by atomic mass is 79.9. The van der Waals surface area contributed by atoms with Crippen molar-refractivity contribution in [3.05, 3.63) is 28.2 Å². The first kappa shape index (κ1) is 15.3. The number of carbonyl (C=O) groups excluding carboxylic acids is 1. The molecule has 1 fully saturated rings. The van der Waals surface area contributed by atoms with Crippen LogP contribution in [-0.2, 0) is 9.53 Å². The molecule has 2 rings (SSSR count). The lowest BCUT2D eigenvalue weighted by atomic mass is 10.0. The smallest absolute Gasteiger partial charge is 0.239 e. The summed E-state index contributed by atoms with van der Waals surface area (Å²) in [6.07, 6.45) is 0.562. The molecule has 6 heteroatoms. The number of benzene rings is 1. The molecule has 0 bridgehead atoms. The number of aliphatic hydroxyl groups is 1. The molecule has 1 aromatic rings. The van der Waals surface area contributed by atoms with E-state index in [9.17, 15) is 9.90 Å². The summed E-state index contributed by atoms with van der Waals surface area (Å²) in [5.41, 5.74) is 1.07. The Kier molecular flexibility index (Phi) is 5.01. The Hall–Kier alpha value is -1.11. The largest absolute Gasteiger partial charge is 0.386 e. The first-order chi connectivity index (χ1) is 9.48. The van der Waals surface area contributed by atoms with Gasteiger partial charge >= 0.3 is 0 Å². The molecular formula is C14H19BrN2O3. The van der Waals surface area contributed by atoms with Crippen molar-refractivity contribution in [2.45, 2.75) is 18.9 Å². The number of hydrogen-bond donors (Lipinski definition) is 3. The summed E-state index contributed by atoms with van der Waals surface area (Å²) in [7, 11) is 0. The van der Waals surface area contributed by atoms with Gasteiger partial charge in [0.25, 0.3) is 0 Å². The van der Waals surface area contributed by atoms with Crippen molar-refractivity contribution in [1.82, 2.24) is 5.32 Å². The zero-order valence-corrected chi connectivity index (χ0v) is 13.0. The van der Waals surface area contributed by atoms with Gasteiger partial charge in [-0.3, -0.25) is 4.79 Å². The minimum absolute atomic E-state index is 0.146. The van der Waals surface area contributed by atoms with Crippen molar-refractivity contribution in [2.75, 3.05) is 31.6 Å². The molecule has 1 amide bonds. The number of nitrogens with one attached hydrogen (secondary N) is 2. The summed E-state index contributed by atoms with van der Waals surface area (Å²) >= 11 is 3.40. The predicted octanol–water partition coefficient (Wildman–Crippen LogP) is 1.44. The molecule has 1 aliphatic heterocycles. The Morgan fingerprint density at radius 3 is 3.00 bits per heavy atom. The minimum atomic E-state index is -0.914. The van der Waals surface area contributed by atoms with Crippen LogP contribution in [0.4, 0.5) is 5.69 Å². The van der Waals surface area contributed by atoms with E-state index in [1.807, 2.05) is 25.1 Å². The van der Waals surface area contributed by atoms with E-state index in [1.165, 1.54) is 0 Å². The molecule has 1 heterocycles. The number of rotatable bonds is 5. The van der Waals surface area contributed by atoms with Gasteiger partial charge < -0.3 is 20.5 Å². The molecule has 0 aliphatic carbocycles. The van der Waals surface area contributed by atoms with Crippen LogP contribution in [0.25, 0.3) is 0 Å². The third-order valence-corrected chi connectivity index (χ3v) is 3.82. The Balaban J connectivity index is 1.77. The molecule has 110 valence electrons. The molecule has 1 saturated heterocycles. The van der Waals surface area contributed by atoms with Crippen molar-refractivity contribution in [3.63, 3.8) is 0 Å².